The fourth-order valence-corrected chi connectivity index (χ4v) is 3.39. The largest absolute Gasteiger partial charge is 0.508 e. The van der Waals surface area contributed by atoms with Crippen LogP contribution in [0, 0.1) is 0 Å². The van der Waals surface area contributed by atoms with E-state index in [1.165, 1.54) is 24.0 Å². The van der Waals surface area contributed by atoms with Gasteiger partial charge in [-0.2, -0.15) is 5.10 Å². The predicted molar refractivity (Wildman–Crippen MR) is 97.4 cm³/mol. The van der Waals surface area contributed by atoms with Crippen LogP contribution in [0.1, 0.15) is 35.4 Å². The summed E-state index contributed by atoms with van der Waals surface area (Å²) in [6.45, 7) is 1.17. The van der Waals surface area contributed by atoms with E-state index in [-0.39, 0.29) is 0 Å². The molecule has 0 fully saturated rings. The number of aromatic hydroxyl groups is 1. The maximum Gasteiger partial charge on any atom is 0.194 e. The van der Waals surface area contributed by atoms with Crippen LogP contribution in [0.3, 0.4) is 0 Å². The van der Waals surface area contributed by atoms with Crippen molar-refractivity contribution >= 4 is 5.96 Å². The molecule has 0 saturated heterocycles. The first kappa shape index (κ1) is 17.3. The number of hydrogen-bond donors (Lipinski definition) is 2. The monoisotopic (exact) mass is 342 g/mol. The smallest absolute Gasteiger partial charge is 0.194 e. The Morgan fingerprint density at radius 1 is 1.36 bits per heavy atom. The summed E-state index contributed by atoms with van der Waals surface area (Å²) >= 11 is 0. The molecule has 134 valence electrons. The number of phenols is 1. The zero-order valence-electron chi connectivity index (χ0n) is 15.2. The molecule has 0 spiro atoms. The molecular weight excluding hydrogens is 316 g/mol. The predicted octanol–water partition coefficient (Wildman–Crippen LogP) is 1.61. The zero-order valence-corrected chi connectivity index (χ0v) is 15.2. The van der Waals surface area contributed by atoms with Gasteiger partial charge in [-0.15, -0.1) is 0 Å². The van der Waals surface area contributed by atoms with Crippen LogP contribution >= 0.6 is 0 Å². The van der Waals surface area contributed by atoms with Gasteiger partial charge >= 0.3 is 0 Å². The first-order valence-corrected chi connectivity index (χ1v) is 8.67. The van der Waals surface area contributed by atoms with Crippen molar-refractivity contribution < 1.29 is 5.11 Å². The van der Waals surface area contributed by atoms with Crippen LogP contribution in [0.4, 0.5) is 0 Å². The van der Waals surface area contributed by atoms with E-state index in [2.05, 4.69) is 26.5 Å². The summed E-state index contributed by atoms with van der Waals surface area (Å²) in [5, 5.41) is 17.8. The minimum absolute atomic E-state index is 0.361. The highest BCUT2D eigenvalue weighted by Crippen LogP contribution is 2.30. The Morgan fingerprint density at radius 3 is 2.88 bits per heavy atom. The number of nitrogens with one attached hydrogen (secondary N) is 1. The Balaban J connectivity index is 1.70. The zero-order chi connectivity index (χ0) is 17.8. The number of aliphatic imine (C=N–C) groups is 1. The van der Waals surface area contributed by atoms with Gasteiger partial charge in [-0.05, 0) is 42.9 Å². The molecule has 2 aromatic rings. The Morgan fingerprint density at radius 2 is 2.16 bits per heavy atom. The Hall–Kier alpha value is -2.57. The van der Waals surface area contributed by atoms with Crippen molar-refractivity contribution in [2.45, 2.75) is 38.8 Å². The average Bonchev–Trinajstić information content (AvgIpc) is 3.02. The molecule has 0 saturated carbocycles. The third kappa shape index (κ3) is 3.75. The number of guanidine groups is 1. The Kier molecular flexibility index (Phi) is 5.21. The number of rotatable bonds is 4. The minimum atomic E-state index is 0.361. The first-order chi connectivity index (χ1) is 12.1. The quantitative estimate of drug-likeness (QED) is 0.652. The fraction of sp³-hybridized carbons (Fsp3) is 0.500. The van der Waals surface area contributed by atoms with Crippen LogP contribution in [0.5, 0.6) is 5.75 Å². The lowest BCUT2D eigenvalue weighted by Gasteiger charge is -2.24. The second-order valence-corrected chi connectivity index (χ2v) is 6.46. The van der Waals surface area contributed by atoms with Crippen molar-refractivity contribution in [2.75, 3.05) is 14.1 Å². The number of nitrogens with zero attached hydrogens (tertiary/aromatic N) is 5. The van der Waals surface area contributed by atoms with Gasteiger partial charge < -0.3 is 15.3 Å². The van der Waals surface area contributed by atoms with Gasteiger partial charge in [-0.1, -0.05) is 6.07 Å². The van der Waals surface area contributed by atoms with Gasteiger partial charge in [-0.3, -0.25) is 9.67 Å². The SMILES string of the molecule is CN=C(NCc1c(O)ccc2c1CCCC2)N(C)Cc1ncnn1C. The molecule has 7 nitrogen and oxygen atoms in total. The number of fused-ring (bicyclic) bond motifs is 1. The third-order valence-corrected chi connectivity index (χ3v) is 4.81. The lowest BCUT2D eigenvalue weighted by atomic mass is 9.88. The van der Waals surface area contributed by atoms with Gasteiger partial charge in [0.2, 0.25) is 0 Å². The molecule has 1 aliphatic carbocycles. The molecule has 0 bridgehead atoms. The summed E-state index contributed by atoms with van der Waals surface area (Å²) < 4.78 is 1.75. The lowest BCUT2D eigenvalue weighted by molar-refractivity contribution is 0.443. The molecule has 1 aromatic heterocycles. The second-order valence-electron chi connectivity index (χ2n) is 6.46. The van der Waals surface area contributed by atoms with Crippen LogP contribution in [0.25, 0.3) is 0 Å². The molecule has 1 heterocycles. The normalized spacial score (nSPS) is 14.3. The highest BCUT2D eigenvalue weighted by molar-refractivity contribution is 5.79. The molecule has 0 amide bonds. The van der Waals surface area contributed by atoms with Crippen LogP contribution in [0.15, 0.2) is 23.5 Å². The number of hydrogen-bond acceptors (Lipinski definition) is 4. The summed E-state index contributed by atoms with van der Waals surface area (Å²) in [6.07, 6.45) is 6.10. The average molecular weight is 342 g/mol. The van der Waals surface area contributed by atoms with E-state index in [9.17, 15) is 5.11 Å². The fourth-order valence-electron chi connectivity index (χ4n) is 3.39. The summed E-state index contributed by atoms with van der Waals surface area (Å²) in [5.41, 5.74) is 3.65. The topological polar surface area (TPSA) is 78.6 Å². The summed E-state index contributed by atoms with van der Waals surface area (Å²) in [7, 11) is 5.60. The summed E-state index contributed by atoms with van der Waals surface area (Å²) in [5.74, 6) is 1.99. The Bertz CT molecular complexity index is 767. The molecule has 2 N–H and O–H groups in total. The van der Waals surface area contributed by atoms with Crippen molar-refractivity contribution in [1.29, 1.82) is 0 Å². The third-order valence-electron chi connectivity index (χ3n) is 4.81. The lowest BCUT2D eigenvalue weighted by Crippen LogP contribution is -2.38. The summed E-state index contributed by atoms with van der Waals surface area (Å²) in [6, 6.07) is 3.87. The van der Waals surface area contributed by atoms with Crippen LogP contribution in [-0.4, -0.2) is 44.8 Å². The van der Waals surface area contributed by atoms with Gasteiger partial charge in [-0.25, -0.2) is 4.98 Å². The molecule has 0 atom stereocenters. The molecule has 0 unspecified atom stereocenters. The van der Waals surface area contributed by atoms with Gasteiger partial charge in [0, 0.05) is 33.3 Å². The molecule has 0 aliphatic heterocycles. The minimum Gasteiger partial charge on any atom is -0.508 e. The van der Waals surface area contributed by atoms with Crippen LogP contribution in [0.2, 0.25) is 0 Å². The van der Waals surface area contributed by atoms with Gasteiger partial charge in [0.05, 0.1) is 6.54 Å². The van der Waals surface area contributed by atoms with Crippen molar-refractivity contribution in [3.8, 4) is 5.75 Å². The van der Waals surface area contributed by atoms with Gasteiger partial charge in [0.15, 0.2) is 5.96 Å². The van der Waals surface area contributed by atoms with E-state index in [1.807, 2.05) is 25.1 Å². The molecule has 1 aliphatic rings. The van der Waals surface area contributed by atoms with E-state index in [1.54, 1.807) is 18.1 Å². The van der Waals surface area contributed by atoms with Gasteiger partial charge in [0.1, 0.15) is 17.9 Å². The van der Waals surface area contributed by atoms with E-state index >= 15 is 0 Å². The van der Waals surface area contributed by atoms with E-state index in [0.29, 0.717) is 18.8 Å². The highest BCUT2D eigenvalue weighted by atomic mass is 16.3. The number of aryl methyl sites for hydroxylation is 2. The van der Waals surface area contributed by atoms with Crippen LogP contribution in [-0.2, 0) is 33.0 Å². The standard InChI is InChI=1S/C18H26N6O/c1-19-18(23(2)11-17-21-12-22-24(17)3)20-10-15-14-7-5-4-6-13(14)8-9-16(15)25/h8-9,12,25H,4-7,10-11H2,1-3H3,(H,19,20). The second kappa shape index (κ2) is 7.55. The number of aromatic nitrogens is 3. The van der Waals surface area contributed by atoms with E-state index in [4.69, 9.17) is 0 Å². The maximum absolute atomic E-state index is 10.3. The first-order valence-electron chi connectivity index (χ1n) is 8.67. The van der Waals surface area contributed by atoms with Gasteiger partial charge in [0.25, 0.3) is 0 Å². The number of benzene rings is 1. The molecule has 0 radical (unpaired) electrons. The number of phenolic OH excluding ortho intramolecular Hbond substituents is 1. The van der Waals surface area contributed by atoms with Crippen molar-refractivity contribution in [3.05, 3.63) is 41.0 Å². The molecule has 7 heteroatoms. The molecule has 25 heavy (non-hydrogen) atoms. The summed E-state index contributed by atoms with van der Waals surface area (Å²) in [4.78, 5) is 10.6. The molecular formula is C18H26N6O. The molecule has 3 rings (SSSR count). The van der Waals surface area contributed by atoms with Crippen molar-refractivity contribution in [2.24, 2.45) is 12.0 Å². The van der Waals surface area contributed by atoms with E-state index in [0.717, 1.165) is 30.2 Å². The van der Waals surface area contributed by atoms with E-state index < -0.39 is 0 Å². The maximum atomic E-state index is 10.3. The molecule has 1 aromatic carbocycles. The van der Waals surface area contributed by atoms with Crippen molar-refractivity contribution in [1.82, 2.24) is 25.0 Å². The van der Waals surface area contributed by atoms with Crippen molar-refractivity contribution in [3.63, 3.8) is 0 Å². The Labute approximate surface area is 148 Å². The highest BCUT2D eigenvalue weighted by Gasteiger charge is 2.17. The van der Waals surface area contributed by atoms with Crippen LogP contribution < -0.4 is 5.32 Å².